The molecule has 3 N–H and O–H groups in total. The highest BCUT2D eigenvalue weighted by Gasteiger charge is 2.09. The SMILES string of the molecule is Nc1csc(NN=Cc2c(F)cc(F)cc2F)n1. The van der Waals surface area contributed by atoms with E-state index in [1.165, 1.54) is 11.3 Å². The Balaban J connectivity index is 2.14. The van der Waals surface area contributed by atoms with Gasteiger partial charge in [0.25, 0.3) is 0 Å². The van der Waals surface area contributed by atoms with Crippen molar-refractivity contribution >= 4 is 28.5 Å². The molecule has 0 bridgehead atoms. The van der Waals surface area contributed by atoms with Crippen molar-refractivity contribution in [2.45, 2.75) is 0 Å². The van der Waals surface area contributed by atoms with Crippen LogP contribution in [0, 0.1) is 17.5 Å². The number of nitrogen functional groups attached to an aromatic ring is 1. The fraction of sp³-hybridized carbons (Fsp3) is 0. The van der Waals surface area contributed by atoms with Crippen LogP contribution in [0.2, 0.25) is 0 Å². The van der Waals surface area contributed by atoms with E-state index in [1.54, 1.807) is 5.38 Å². The maximum absolute atomic E-state index is 13.2. The summed E-state index contributed by atoms with van der Waals surface area (Å²) in [4.78, 5) is 3.82. The van der Waals surface area contributed by atoms with Crippen molar-refractivity contribution in [3.63, 3.8) is 0 Å². The van der Waals surface area contributed by atoms with Crippen LogP contribution in [0.4, 0.5) is 24.1 Å². The first-order chi connectivity index (χ1) is 8.56. The average Bonchev–Trinajstić information content (AvgIpc) is 2.68. The van der Waals surface area contributed by atoms with E-state index in [0.717, 1.165) is 6.21 Å². The van der Waals surface area contributed by atoms with Crippen molar-refractivity contribution in [2.75, 3.05) is 11.2 Å². The summed E-state index contributed by atoms with van der Waals surface area (Å²) in [5.74, 6) is -2.73. The lowest BCUT2D eigenvalue weighted by molar-refractivity contribution is 0.541. The van der Waals surface area contributed by atoms with Crippen LogP contribution in [0.25, 0.3) is 0 Å². The smallest absolute Gasteiger partial charge is 0.205 e. The molecule has 0 unspecified atom stereocenters. The largest absolute Gasteiger partial charge is 0.383 e. The van der Waals surface area contributed by atoms with E-state index in [4.69, 9.17) is 5.73 Å². The van der Waals surface area contributed by atoms with Gasteiger partial charge in [0.15, 0.2) is 0 Å². The molecule has 0 aliphatic heterocycles. The fourth-order valence-corrected chi connectivity index (χ4v) is 1.71. The standard InChI is InChI=1S/C10H7F3N4S/c11-5-1-7(12)6(8(13)2-5)3-15-17-10-16-9(14)4-18-10/h1-4H,14H2,(H,16,17). The van der Waals surface area contributed by atoms with E-state index in [1.807, 2.05) is 0 Å². The molecule has 18 heavy (non-hydrogen) atoms. The Labute approximate surface area is 104 Å². The molecule has 0 aliphatic rings. The van der Waals surface area contributed by atoms with Crippen LogP contribution in [0.15, 0.2) is 22.6 Å². The Morgan fingerprint density at radius 2 is 1.94 bits per heavy atom. The highest BCUT2D eigenvalue weighted by Crippen LogP contribution is 2.16. The summed E-state index contributed by atoms with van der Waals surface area (Å²) >= 11 is 1.19. The number of hydrogen-bond acceptors (Lipinski definition) is 5. The summed E-state index contributed by atoms with van der Waals surface area (Å²) in [6, 6.07) is 1.15. The first-order valence-corrected chi connectivity index (χ1v) is 5.59. The van der Waals surface area contributed by atoms with E-state index >= 15 is 0 Å². The lowest BCUT2D eigenvalue weighted by Crippen LogP contribution is -1.98. The summed E-state index contributed by atoms with van der Waals surface area (Å²) in [6.07, 6.45) is 0.904. The zero-order chi connectivity index (χ0) is 13.1. The molecule has 1 heterocycles. The highest BCUT2D eigenvalue weighted by atomic mass is 32.1. The second kappa shape index (κ2) is 5.05. The lowest BCUT2D eigenvalue weighted by Gasteiger charge is -1.99. The molecule has 0 fully saturated rings. The van der Waals surface area contributed by atoms with E-state index in [9.17, 15) is 13.2 Å². The molecule has 94 valence electrons. The van der Waals surface area contributed by atoms with Crippen molar-refractivity contribution in [3.05, 3.63) is 40.5 Å². The minimum Gasteiger partial charge on any atom is -0.383 e. The van der Waals surface area contributed by atoms with Gasteiger partial charge in [-0.1, -0.05) is 0 Å². The van der Waals surface area contributed by atoms with E-state index < -0.39 is 23.0 Å². The molecule has 0 saturated carbocycles. The van der Waals surface area contributed by atoms with Gasteiger partial charge in [0.2, 0.25) is 5.13 Å². The number of benzene rings is 1. The van der Waals surface area contributed by atoms with E-state index in [-0.39, 0.29) is 0 Å². The molecule has 1 aromatic carbocycles. The average molecular weight is 272 g/mol. The van der Waals surface area contributed by atoms with Crippen LogP contribution < -0.4 is 11.2 Å². The number of halogens is 3. The number of hydrazone groups is 1. The molecular formula is C10H7F3N4S. The fourth-order valence-electron chi connectivity index (χ4n) is 1.17. The quantitative estimate of drug-likeness (QED) is 0.666. The Morgan fingerprint density at radius 3 is 2.50 bits per heavy atom. The number of nitrogens with two attached hydrogens (primary N) is 1. The van der Waals surface area contributed by atoms with Crippen LogP contribution in [0.1, 0.15) is 5.56 Å². The van der Waals surface area contributed by atoms with Crippen molar-refractivity contribution in [3.8, 4) is 0 Å². The molecule has 1 aromatic heterocycles. The Hall–Kier alpha value is -2.09. The van der Waals surface area contributed by atoms with Crippen molar-refractivity contribution in [2.24, 2.45) is 5.10 Å². The molecule has 8 heteroatoms. The van der Waals surface area contributed by atoms with Crippen molar-refractivity contribution in [1.29, 1.82) is 0 Å². The number of hydrogen-bond donors (Lipinski definition) is 2. The van der Waals surface area contributed by atoms with Gasteiger partial charge in [-0.2, -0.15) is 5.10 Å². The van der Waals surface area contributed by atoms with Crippen LogP contribution in [0.3, 0.4) is 0 Å². The topological polar surface area (TPSA) is 63.3 Å². The molecule has 2 rings (SSSR count). The normalized spacial score (nSPS) is 11.1. The van der Waals surface area contributed by atoms with Gasteiger partial charge >= 0.3 is 0 Å². The molecule has 0 spiro atoms. The van der Waals surface area contributed by atoms with Crippen LogP contribution in [-0.4, -0.2) is 11.2 Å². The Morgan fingerprint density at radius 1 is 1.28 bits per heavy atom. The Kier molecular flexibility index (Phi) is 3.47. The molecule has 0 saturated heterocycles. The van der Waals surface area contributed by atoms with E-state index in [0.29, 0.717) is 23.1 Å². The van der Waals surface area contributed by atoms with E-state index in [2.05, 4.69) is 15.5 Å². The van der Waals surface area contributed by atoms with Gasteiger partial charge in [-0.25, -0.2) is 18.2 Å². The highest BCUT2D eigenvalue weighted by molar-refractivity contribution is 7.14. The number of aromatic nitrogens is 1. The van der Waals surface area contributed by atoms with Gasteiger partial charge in [-0.15, -0.1) is 11.3 Å². The minimum atomic E-state index is -1.03. The zero-order valence-electron chi connectivity index (χ0n) is 8.82. The van der Waals surface area contributed by atoms with Crippen LogP contribution >= 0.6 is 11.3 Å². The third-order valence-corrected chi connectivity index (χ3v) is 2.68. The predicted octanol–water partition coefficient (Wildman–Crippen LogP) is 2.59. The van der Waals surface area contributed by atoms with Gasteiger partial charge in [0, 0.05) is 17.5 Å². The monoisotopic (exact) mass is 272 g/mol. The second-order valence-electron chi connectivity index (χ2n) is 3.23. The van der Waals surface area contributed by atoms with Crippen molar-refractivity contribution < 1.29 is 13.2 Å². The number of thiazole rings is 1. The number of nitrogens with one attached hydrogen (secondary N) is 1. The van der Waals surface area contributed by atoms with Crippen molar-refractivity contribution in [1.82, 2.24) is 4.98 Å². The first-order valence-electron chi connectivity index (χ1n) is 4.71. The first kappa shape index (κ1) is 12.4. The predicted molar refractivity (Wildman–Crippen MR) is 64.1 cm³/mol. The van der Waals surface area contributed by atoms with Crippen LogP contribution in [-0.2, 0) is 0 Å². The third-order valence-electron chi connectivity index (χ3n) is 1.92. The molecular weight excluding hydrogens is 265 g/mol. The Bertz CT molecular complexity index is 574. The molecule has 4 nitrogen and oxygen atoms in total. The summed E-state index contributed by atoms with van der Waals surface area (Å²) in [5, 5.41) is 5.55. The van der Waals surface area contributed by atoms with Gasteiger partial charge in [-0.3, -0.25) is 5.43 Å². The van der Waals surface area contributed by atoms with Gasteiger partial charge in [0.1, 0.15) is 23.3 Å². The molecule has 0 amide bonds. The maximum atomic E-state index is 13.2. The summed E-state index contributed by atoms with van der Waals surface area (Å²) in [6.45, 7) is 0. The minimum absolute atomic E-state index is 0.317. The maximum Gasteiger partial charge on any atom is 0.205 e. The molecule has 0 radical (unpaired) electrons. The van der Waals surface area contributed by atoms with Gasteiger partial charge in [0.05, 0.1) is 11.8 Å². The molecule has 2 aromatic rings. The van der Waals surface area contributed by atoms with Gasteiger partial charge in [-0.05, 0) is 0 Å². The molecule has 0 aliphatic carbocycles. The zero-order valence-corrected chi connectivity index (χ0v) is 9.64. The lowest BCUT2D eigenvalue weighted by atomic mass is 10.2. The summed E-state index contributed by atoms with van der Waals surface area (Å²) in [7, 11) is 0. The summed E-state index contributed by atoms with van der Waals surface area (Å²) < 4.78 is 39.1. The number of anilines is 2. The summed E-state index contributed by atoms with van der Waals surface area (Å²) in [5.41, 5.74) is 7.39. The molecule has 0 atom stereocenters. The van der Waals surface area contributed by atoms with Gasteiger partial charge < -0.3 is 5.73 Å². The third kappa shape index (κ3) is 2.77. The second-order valence-corrected chi connectivity index (χ2v) is 4.09. The van der Waals surface area contributed by atoms with Crippen LogP contribution in [0.5, 0.6) is 0 Å². The number of rotatable bonds is 3. The number of nitrogens with zero attached hydrogens (tertiary/aromatic N) is 2.